The number of hydrogen-bond donors (Lipinski definition) is 4. The maximum Gasteiger partial charge on any atom is 0.378 e. The summed E-state index contributed by atoms with van der Waals surface area (Å²) in [6, 6.07) is 0. The van der Waals surface area contributed by atoms with Crippen LogP contribution in [0.2, 0.25) is 0 Å². The highest BCUT2D eigenvalue weighted by Gasteiger charge is 2.40. The second-order valence-electron chi connectivity index (χ2n) is 2.97. The van der Waals surface area contributed by atoms with Gasteiger partial charge in [-0.05, 0) is 0 Å². The molecule has 0 amide bonds. The molecule has 0 fully saturated rings. The Morgan fingerprint density at radius 1 is 1.56 bits per heavy atom. The van der Waals surface area contributed by atoms with Gasteiger partial charge < -0.3 is 29.9 Å². The number of aliphatic carboxylic acids is 1. The number of hydrogen-bond acceptors (Lipinski definition) is 7. The molecular weight excluding hydrogens is 224 g/mol. The summed E-state index contributed by atoms with van der Waals surface area (Å²) in [6.07, 6.45) is -2.92. The van der Waals surface area contributed by atoms with Crippen LogP contribution in [-0.2, 0) is 19.1 Å². The quantitative estimate of drug-likeness (QED) is 0.407. The van der Waals surface area contributed by atoms with Crippen molar-refractivity contribution in [1.29, 1.82) is 0 Å². The van der Waals surface area contributed by atoms with Gasteiger partial charge in [0.05, 0.1) is 6.61 Å². The summed E-state index contributed by atoms with van der Waals surface area (Å²) in [4.78, 5) is 21.2. The van der Waals surface area contributed by atoms with E-state index in [9.17, 15) is 14.7 Å². The lowest BCUT2D eigenvalue weighted by molar-refractivity contribution is -0.149. The van der Waals surface area contributed by atoms with Gasteiger partial charge in [0, 0.05) is 0 Å². The van der Waals surface area contributed by atoms with Crippen molar-refractivity contribution in [2.45, 2.75) is 12.2 Å². The smallest absolute Gasteiger partial charge is 0.378 e. The molecule has 1 heterocycles. The normalized spacial score (nSPS) is 21.9. The maximum atomic E-state index is 11.1. The first-order valence-electron chi connectivity index (χ1n) is 4.25. The van der Waals surface area contributed by atoms with Gasteiger partial charge in [-0.1, -0.05) is 0 Å². The third-order valence-corrected chi connectivity index (χ3v) is 1.80. The highest BCUT2D eigenvalue weighted by molar-refractivity contribution is 5.90. The predicted octanol–water partition coefficient (Wildman–Crippen LogP) is -1.86. The third kappa shape index (κ3) is 2.41. The number of carbonyl (C=O) groups excluding carboxylic acids is 1. The molecule has 1 aliphatic rings. The van der Waals surface area contributed by atoms with Crippen LogP contribution in [0.3, 0.4) is 0 Å². The number of carboxylic acid groups (broad SMARTS) is 1. The summed E-state index contributed by atoms with van der Waals surface area (Å²) < 4.78 is 8.96. The number of aliphatic hydroxyl groups is 3. The molecule has 4 N–H and O–H groups in total. The van der Waals surface area contributed by atoms with Gasteiger partial charge in [-0.3, -0.25) is 0 Å². The van der Waals surface area contributed by atoms with Crippen molar-refractivity contribution in [2.75, 3.05) is 13.2 Å². The first-order chi connectivity index (χ1) is 7.47. The average molecular weight is 234 g/mol. The van der Waals surface area contributed by atoms with Crippen LogP contribution in [0.15, 0.2) is 11.5 Å². The van der Waals surface area contributed by atoms with Gasteiger partial charge in [0.1, 0.15) is 6.10 Å². The Morgan fingerprint density at radius 2 is 2.19 bits per heavy atom. The van der Waals surface area contributed by atoms with E-state index >= 15 is 0 Å². The van der Waals surface area contributed by atoms with Crippen molar-refractivity contribution in [3.8, 4) is 0 Å². The Kier molecular flexibility index (Phi) is 3.69. The fourth-order valence-corrected chi connectivity index (χ4v) is 1.08. The Hall–Kier alpha value is -1.80. The molecule has 2 unspecified atom stereocenters. The van der Waals surface area contributed by atoms with Gasteiger partial charge in [-0.25, -0.2) is 9.59 Å². The van der Waals surface area contributed by atoms with E-state index in [1.807, 2.05) is 0 Å². The van der Waals surface area contributed by atoms with Crippen LogP contribution < -0.4 is 0 Å². The lowest BCUT2D eigenvalue weighted by Crippen LogP contribution is -2.31. The fourth-order valence-electron chi connectivity index (χ4n) is 1.08. The predicted molar refractivity (Wildman–Crippen MR) is 46.2 cm³/mol. The third-order valence-electron chi connectivity index (χ3n) is 1.80. The van der Waals surface area contributed by atoms with Crippen LogP contribution in [0.1, 0.15) is 0 Å². The van der Waals surface area contributed by atoms with Gasteiger partial charge in [0.2, 0.25) is 5.76 Å². The minimum atomic E-state index is -1.49. The minimum Gasteiger partial charge on any atom is -0.505 e. The second kappa shape index (κ2) is 4.81. The van der Waals surface area contributed by atoms with E-state index in [0.29, 0.717) is 0 Å². The molecule has 0 radical (unpaired) electrons. The van der Waals surface area contributed by atoms with Crippen molar-refractivity contribution < 1.29 is 39.5 Å². The maximum absolute atomic E-state index is 11.1. The SMILES string of the molecule is O=C(O)COC1=C(O)C(C(O)CO)OC1=O. The first kappa shape index (κ1) is 12.3. The van der Waals surface area contributed by atoms with Crippen LogP contribution in [0.5, 0.6) is 0 Å². The second-order valence-corrected chi connectivity index (χ2v) is 2.97. The van der Waals surface area contributed by atoms with E-state index in [2.05, 4.69) is 9.47 Å². The standard InChI is InChI=1S/C8H10O8/c9-1-3(10)6-5(13)7(8(14)16-6)15-2-4(11)12/h3,6,9-10,13H,1-2H2,(H,11,12). The highest BCUT2D eigenvalue weighted by atomic mass is 16.6. The number of ether oxygens (including phenoxy) is 2. The summed E-state index contributed by atoms with van der Waals surface area (Å²) >= 11 is 0. The van der Waals surface area contributed by atoms with Crippen LogP contribution >= 0.6 is 0 Å². The molecule has 0 aromatic heterocycles. The molecule has 0 aromatic carbocycles. The van der Waals surface area contributed by atoms with Crippen molar-refractivity contribution in [3.05, 3.63) is 11.5 Å². The lowest BCUT2D eigenvalue weighted by Gasteiger charge is -2.13. The monoisotopic (exact) mass is 234 g/mol. The topological polar surface area (TPSA) is 134 Å². The van der Waals surface area contributed by atoms with E-state index in [0.717, 1.165) is 0 Å². The molecule has 2 atom stereocenters. The van der Waals surface area contributed by atoms with E-state index in [1.54, 1.807) is 0 Å². The highest BCUT2D eigenvalue weighted by Crippen LogP contribution is 2.23. The van der Waals surface area contributed by atoms with E-state index in [1.165, 1.54) is 0 Å². The van der Waals surface area contributed by atoms with Crippen molar-refractivity contribution in [1.82, 2.24) is 0 Å². The van der Waals surface area contributed by atoms with Gasteiger partial charge in [-0.15, -0.1) is 0 Å². The Morgan fingerprint density at radius 3 is 2.69 bits per heavy atom. The van der Waals surface area contributed by atoms with Crippen LogP contribution in [0.4, 0.5) is 0 Å². The van der Waals surface area contributed by atoms with Crippen molar-refractivity contribution in [2.24, 2.45) is 0 Å². The molecule has 0 bridgehead atoms. The van der Waals surface area contributed by atoms with E-state index in [4.69, 9.17) is 15.3 Å². The van der Waals surface area contributed by atoms with Gasteiger partial charge in [-0.2, -0.15) is 0 Å². The van der Waals surface area contributed by atoms with Crippen molar-refractivity contribution >= 4 is 11.9 Å². The number of carbonyl (C=O) groups is 2. The van der Waals surface area contributed by atoms with Gasteiger partial charge >= 0.3 is 11.9 Å². The molecule has 8 nitrogen and oxygen atoms in total. The van der Waals surface area contributed by atoms with Crippen LogP contribution in [0, 0.1) is 0 Å². The zero-order valence-corrected chi connectivity index (χ0v) is 7.99. The van der Waals surface area contributed by atoms with Crippen LogP contribution in [0.25, 0.3) is 0 Å². The summed E-state index contributed by atoms with van der Waals surface area (Å²) in [5.74, 6) is -3.82. The summed E-state index contributed by atoms with van der Waals surface area (Å²) in [7, 11) is 0. The lowest BCUT2D eigenvalue weighted by atomic mass is 10.2. The molecule has 0 aromatic rings. The van der Waals surface area contributed by atoms with Crippen molar-refractivity contribution in [3.63, 3.8) is 0 Å². The largest absolute Gasteiger partial charge is 0.505 e. The summed E-state index contributed by atoms with van der Waals surface area (Å²) in [5, 5.41) is 35.4. The molecule has 0 saturated carbocycles. The molecule has 8 heteroatoms. The Labute approximate surface area is 89.3 Å². The summed E-state index contributed by atoms with van der Waals surface area (Å²) in [5.41, 5.74) is 0. The molecule has 0 spiro atoms. The molecule has 90 valence electrons. The molecular formula is C8H10O8. The minimum absolute atomic E-state index is 0.667. The molecule has 0 saturated heterocycles. The van der Waals surface area contributed by atoms with E-state index < -0.39 is 48.9 Å². The number of cyclic esters (lactones) is 1. The first-order valence-corrected chi connectivity index (χ1v) is 4.25. The molecule has 16 heavy (non-hydrogen) atoms. The molecule has 1 aliphatic heterocycles. The fraction of sp³-hybridized carbons (Fsp3) is 0.500. The number of esters is 1. The van der Waals surface area contributed by atoms with Gasteiger partial charge in [0.15, 0.2) is 18.5 Å². The Bertz CT molecular complexity index is 333. The average Bonchev–Trinajstić information content (AvgIpc) is 2.51. The van der Waals surface area contributed by atoms with Gasteiger partial charge in [0.25, 0.3) is 0 Å². The molecule has 0 aliphatic carbocycles. The van der Waals surface area contributed by atoms with Crippen LogP contribution in [-0.4, -0.2) is 57.8 Å². The number of rotatable bonds is 5. The molecule has 1 rings (SSSR count). The zero-order chi connectivity index (χ0) is 12.3. The number of carboxylic acids is 1. The Balaban J connectivity index is 2.76. The summed E-state index contributed by atoms with van der Waals surface area (Å²) in [6.45, 7) is -1.55. The number of aliphatic hydroxyl groups excluding tert-OH is 3. The zero-order valence-electron chi connectivity index (χ0n) is 7.99. The van der Waals surface area contributed by atoms with E-state index in [-0.39, 0.29) is 0 Å².